The molecule has 26 heavy (non-hydrogen) atoms. The predicted molar refractivity (Wildman–Crippen MR) is 103 cm³/mol. The molecule has 1 N–H and O–H groups in total. The van der Waals surface area contributed by atoms with Crippen molar-refractivity contribution in [3.8, 4) is 5.75 Å². The third-order valence-electron chi connectivity index (χ3n) is 4.55. The molecule has 136 valence electrons. The van der Waals surface area contributed by atoms with Gasteiger partial charge in [-0.15, -0.1) is 0 Å². The largest absolute Gasteiger partial charge is 0.486 e. The summed E-state index contributed by atoms with van der Waals surface area (Å²) in [5.74, 6) is 0.621. The molecule has 3 rings (SSSR count). The van der Waals surface area contributed by atoms with Gasteiger partial charge in [-0.25, -0.2) is 0 Å². The Morgan fingerprint density at radius 3 is 2.58 bits per heavy atom. The summed E-state index contributed by atoms with van der Waals surface area (Å²) in [7, 11) is 0. The second-order valence-electron chi connectivity index (χ2n) is 6.68. The van der Waals surface area contributed by atoms with E-state index < -0.39 is 0 Å². The summed E-state index contributed by atoms with van der Waals surface area (Å²) in [6.45, 7) is 6.43. The van der Waals surface area contributed by atoms with Crippen LogP contribution in [0.25, 0.3) is 0 Å². The van der Waals surface area contributed by atoms with E-state index in [1.54, 1.807) is 6.07 Å². The molecule has 1 atom stereocenters. The molecule has 5 heteroatoms. The fourth-order valence-corrected chi connectivity index (χ4v) is 3.02. The van der Waals surface area contributed by atoms with Crippen LogP contribution < -0.4 is 15.0 Å². The van der Waals surface area contributed by atoms with Gasteiger partial charge in [0.05, 0.1) is 18.8 Å². The number of fused-ring (bicyclic) bond motifs is 1. The van der Waals surface area contributed by atoms with Gasteiger partial charge in [0.25, 0.3) is 0 Å². The highest BCUT2D eigenvalue weighted by molar-refractivity contribution is 5.97. The summed E-state index contributed by atoms with van der Waals surface area (Å²) in [6.07, 6.45) is 0.877. The van der Waals surface area contributed by atoms with Gasteiger partial charge < -0.3 is 15.0 Å². The van der Waals surface area contributed by atoms with Crippen molar-refractivity contribution in [1.29, 1.82) is 0 Å². The van der Waals surface area contributed by atoms with Crippen LogP contribution in [0.4, 0.5) is 11.4 Å². The van der Waals surface area contributed by atoms with E-state index in [0.717, 1.165) is 29.1 Å². The zero-order chi connectivity index (χ0) is 18.7. The molecule has 2 aromatic carbocycles. The summed E-state index contributed by atoms with van der Waals surface area (Å²) in [5.41, 5.74) is 3.33. The average molecular weight is 352 g/mol. The van der Waals surface area contributed by atoms with E-state index in [-0.39, 0.29) is 24.3 Å². The molecular weight excluding hydrogens is 328 g/mol. The van der Waals surface area contributed by atoms with Crippen molar-refractivity contribution >= 4 is 23.1 Å². The lowest BCUT2D eigenvalue weighted by Crippen LogP contribution is -2.43. The van der Waals surface area contributed by atoms with Crippen molar-refractivity contribution in [2.75, 3.05) is 23.3 Å². The van der Waals surface area contributed by atoms with Gasteiger partial charge in [0.2, 0.25) is 5.91 Å². The minimum Gasteiger partial charge on any atom is -0.486 e. The van der Waals surface area contributed by atoms with Crippen LogP contribution in [-0.4, -0.2) is 30.9 Å². The van der Waals surface area contributed by atoms with Gasteiger partial charge >= 0.3 is 0 Å². The lowest BCUT2D eigenvalue weighted by atomic mass is 10.1. The molecule has 5 nitrogen and oxygen atoms in total. The van der Waals surface area contributed by atoms with Crippen LogP contribution in [-0.2, 0) is 4.79 Å². The lowest BCUT2D eigenvalue weighted by molar-refractivity contribution is -0.115. The van der Waals surface area contributed by atoms with Gasteiger partial charge in [0, 0.05) is 11.3 Å². The number of carbonyl (C=O) groups is 2. The molecule has 1 amide bonds. The number of anilines is 2. The molecule has 1 aliphatic rings. The molecule has 1 aliphatic heterocycles. The number of aryl methyl sites for hydroxylation is 1. The van der Waals surface area contributed by atoms with Gasteiger partial charge in [0.15, 0.2) is 5.78 Å². The number of nitrogens with zero attached hydrogens (tertiary/aromatic N) is 1. The fraction of sp³-hybridized carbons (Fsp3) is 0.333. The van der Waals surface area contributed by atoms with Crippen molar-refractivity contribution in [2.45, 2.75) is 33.3 Å². The van der Waals surface area contributed by atoms with Gasteiger partial charge in [-0.3, -0.25) is 9.59 Å². The molecule has 2 aromatic rings. The normalized spacial score (nSPS) is 15.8. The van der Waals surface area contributed by atoms with E-state index in [1.807, 2.05) is 48.2 Å². The highest BCUT2D eigenvalue weighted by atomic mass is 16.5. The molecule has 0 spiro atoms. The average Bonchev–Trinajstić information content (AvgIpc) is 2.63. The summed E-state index contributed by atoms with van der Waals surface area (Å²) in [4.78, 5) is 26.2. The molecule has 0 aliphatic carbocycles. The Balaban J connectivity index is 1.79. The monoisotopic (exact) mass is 352 g/mol. The molecule has 1 heterocycles. The van der Waals surface area contributed by atoms with Crippen LogP contribution in [0.15, 0.2) is 42.5 Å². The Kier molecular flexibility index (Phi) is 5.26. The van der Waals surface area contributed by atoms with Gasteiger partial charge in [-0.05, 0) is 50.6 Å². The van der Waals surface area contributed by atoms with Crippen LogP contribution in [0.2, 0.25) is 0 Å². The number of hydrogen-bond donors (Lipinski definition) is 1. The van der Waals surface area contributed by atoms with Crippen LogP contribution in [0.5, 0.6) is 5.75 Å². The number of ether oxygens (including phenoxy) is 1. The minimum absolute atomic E-state index is 0.00512. The first-order valence-corrected chi connectivity index (χ1v) is 8.89. The van der Waals surface area contributed by atoms with Crippen molar-refractivity contribution in [1.82, 2.24) is 0 Å². The topological polar surface area (TPSA) is 58.6 Å². The maximum atomic E-state index is 12.5. The molecule has 0 bridgehead atoms. The number of amides is 1. The Hall–Kier alpha value is -2.82. The van der Waals surface area contributed by atoms with E-state index >= 15 is 0 Å². The number of benzene rings is 2. The molecule has 0 fully saturated rings. The Bertz CT molecular complexity index is 815. The number of rotatable bonds is 5. The summed E-state index contributed by atoms with van der Waals surface area (Å²) >= 11 is 0. The number of ketones is 1. The fourth-order valence-electron chi connectivity index (χ4n) is 3.02. The number of carbonyl (C=O) groups excluding carboxylic acids is 2. The van der Waals surface area contributed by atoms with Crippen LogP contribution in [0, 0.1) is 6.92 Å². The maximum Gasteiger partial charge on any atom is 0.243 e. The van der Waals surface area contributed by atoms with Crippen molar-refractivity contribution < 1.29 is 14.3 Å². The van der Waals surface area contributed by atoms with Gasteiger partial charge in [-0.1, -0.05) is 24.6 Å². The molecule has 0 radical (unpaired) electrons. The van der Waals surface area contributed by atoms with Gasteiger partial charge in [-0.2, -0.15) is 0 Å². The molecule has 1 unspecified atom stereocenters. The van der Waals surface area contributed by atoms with E-state index in [1.165, 1.54) is 6.92 Å². The van der Waals surface area contributed by atoms with E-state index in [2.05, 4.69) is 12.2 Å². The Morgan fingerprint density at radius 1 is 1.19 bits per heavy atom. The Morgan fingerprint density at radius 2 is 1.92 bits per heavy atom. The summed E-state index contributed by atoms with van der Waals surface area (Å²) in [5, 5.41) is 2.93. The summed E-state index contributed by atoms with van der Waals surface area (Å²) < 4.78 is 5.97. The van der Waals surface area contributed by atoms with Crippen LogP contribution in [0.3, 0.4) is 0 Å². The van der Waals surface area contributed by atoms with E-state index in [9.17, 15) is 9.59 Å². The quantitative estimate of drug-likeness (QED) is 0.831. The zero-order valence-corrected chi connectivity index (χ0v) is 15.4. The maximum absolute atomic E-state index is 12.5. The second kappa shape index (κ2) is 7.60. The standard InChI is InChI=1S/C21H24N2O3/c1-4-18-12-23(13-21(25)22-17-8-5-14(2)6-9-17)19-11-16(15(3)24)7-10-20(19)26-18/h5-11,18H,4,12-13H2,1-3H3,(H,22,25). The third kappa shape index (κ3) is 4.04. The Labute approximate surface area is 154 Å². The third-order valence-corrected chi connectivity index (χ3v) is 4.55. The number of nitrogens with one attached hydrogen (secondary N) is 1. The minimum atomic E-state index is -0.0928. The first-order valence-electron chi connectivity index (χ1n) is 8.89. The van der Waals surface area contributed by atoms with Crippen molar-refractivity contribution in [3.05, 3.63) is 53.6 Å². The van der Waals surface area contributed by atoms with Crippen LogP contribution in [0.1, 0.15) is 36.2 Å². The smallest absolute Gasteiger partial charge is 0.243 e. The lowest BCUT2D eigenvalue weighted by Gasteiger charge is -2.35. The van der Waals surface area contributed by atoms with Crippen molar-refractivity contribution in [2.24, 2.45) is 0 Å². The number of Topliss-reactive ketones (excluding diaryl/α,β-unsaturated/α-hetero) is 1. The van der Waals surface area contributed by atoms with Gasteiger partial charge in [0.1, 0.15) is 11.9 Å². The first kappa shape index (κ1) is 18.0. The SMILES string of the molecule is CCC1CN(CC(=O)Nc2ccc(C)cc2)c2cc(C(C)=O)ccc2O1. The molecule has 0 saturated carbocycles. The highest BCUT2D eigenvalue weighted by Crippen LogP contribution is 2.35. The van der Waals surface area contributed by atoms with E-state index in [4.69, 9.17) is 4.74 Å². The molecular formula is C21H24N2O3. The highest BCUT2D eigenvalue weighted by Gasteiger charge is 2.26. The number of hydrogen-bond acceptors (Lipinski definition) is 4. The van der Waals surface area contributed by atoms with E-state index in [0.29, 0.717) is 12.1 Å². The second-order valence-corrected chi connectivity index (χ2v) is 6.68. The molecule has 0 saturated heterocycles. The zero-order valence-electron chi connectivity index (χ0n) is 15.4. The van der Waals surface area contributed by atoms with Crippen molar-refractivity contribution in [3.63, 3.8) is 0 Å². The predicted octanol–water partition coefficient (Wildman–Crippen LogP) is 3.81. The van der Waals surface area contributed by atoms with Crippen LogP contribution >= 0.6 is 0 Å². The molecule has 0 aromatic heterocycles. The first-order chi connectivity index (χ1) is 12.5. The summed E-state index contributed by atoms with van der Waals surface area (Å²) in [6, 6.07) is 13.1.